The third-order valence-electron chi connectivity index (χ3n) is 2.50. The van der Waals surface area contributed by atoms with Crippen molar-refractivity contribution in [3.05, 3.63) is 48.2 Å². The molecule has 0 fully saturated rings. The number of pyridine rings is 1. The van der Waals surface area contributed by atoms with Gasteiger partial charge in [0.2, 0.25) is 0 Å². The van der Waals surface area contributed by atoms with Gasteiger partial charge in [-0.15, -0.1) is 0 Å². The van der Waals surface area contributed by atoms with Crippen LogP contribution in [0.2, 0.25) is 0 Å². The zero-order valence-electron chi connectivity index (χ0n) is 10.8. The minimum Gasteiger partial charge on any atom is -0.497 e. The lowest BCUT2D eigenvalue weighted by molar-refractivity contribution is 0.262. The number of methoxy groups -OCH3 is 1. The monoisotopic (exact) mass is 257 g/mol. The summed E-state index contributed by atoms with van der Waals surface area (Å²) in [6.07, 6.45) is 1.70. The molecule has 2 amide bonds. The molecule has 0 aliphatic carbocycles. The Bertz CT molecular complexity index is 550. The second kappa shape index (κ2) is 5.86. The van der Waals surface area contributed by atoms with E-state index in [-0.39, 0.29) is 6.03 Å². The van der Waals surface area contributed by atoms with Crippen LogP contribution in [0, 0.1) is 6.92 Å². The highest BCUT2D eigenvalue weighted by Crippen LogP contribution is 2.15. The molecule has 2 N–H and O–H groups in total. The Morgan fingerprint density at radius 2 is 1.84 bits per heavy atom. The Kier molecular flexibility index (Phi) is 3.97. The molecule has 1 aromatic heterocycles. The van der Waals surface area contributed by atoms with Gasteiger partial charge < -0.3 is 10.1 Å². The van der Waals surface area contributed by atoms with E-state index in [1.807, 2.05) is 13.0 Å². The lowest BCUT2D eigenvalue weighted by Crippen LogP contribution is -2.19. The molecular weight excluding hydrogens is 242 g/mol. The number of amides is 2. The molecule has 0 aliphatic rings. The fraction of sp³-hybridized carbons (Fsp3) is 0.143. The number of nitrogens with zero attached hydrogens (tertiary/aromatic N) is 1. The lowest BCUT2D eigenvalue weighted by atomic mass is 10.3. The van der Waals surface area contributed by atoms with Crippen molar-refractivity contribution in [2.75, 3.05) is 17.7 Å². The van der Waals surface area contributed by atoms with Gasteiger partial charge in [-0.25, -0.2) is 9.78 Å². The van der Waals surface area contributed by atoms with Crippen LogP contribution in [-0.4, -0.2) is 18.1 Å². The van der Waals surface area contributed by atoms with E-state index in [1.165, 1.54) is 0 Å². The van der Waals surface area contributed by atoms with Gasteiger partial charge in [0.25, 0.3) is 0 Å². The molecule has 19 heavy (non-hydrogen) atoms. The predicted molar refractivity (Wildman–Crippen MR) is 74.6 cm³/mol. The predicted octanol–water partition coefficient (Wildman–Crippen LogP) is 3.04. The minimum absolute atomic E-state index is 0.332. The number of aryl methyl sites for hydroxylation is 1. The number of carbonyl (C=O) groups excluding carboxylic acids is 1. The van der Waals surface area contributed by atoms with Crippen molar-refractivity contribution in [3.63, 3.8) is 0 Å². The van der Waals surface area contributed by atoms with Crippen LogP contribution in [0.25, 0.3) is 0 Å². The quantitative estimate of drug-likeness (QED) is 0.888. The molecule has 5 nitrogen and oxygen atoms in total. The van der Waals surface area contributed by atoms with Crippen molar-refractivity contribution in [1.29, 1.82) is 0 Å². The van der Waals surface area contributed by atoms with Crippen molar-refractivity contribution >= 4 is 17.5 Å². The van der Waals surface area contributed by atoms with Gasteiger partial charge in [-0.1, -0.05) is 6.07 Å². The van der Waals surface area contributed by atoms with Crippen LogP contribution in [0.5, 0.6) is 5.75 Å². The molecule has 5 heteroatoms. The molecule has 2 rings (SSSR count). The molecular formula is C14H15N3O2. The van der Waals surface area contributed by atoms with E-state index in [1.54, 1.807) is 43.6 Å². The third kappa shape index (κ3) is 3.70. The minimum atomic E-state index is -0.332. The van der Waals surface area contributed by atoms with Crippen LogP contribution in [0.4, 0.5) is 16.3 Å². The van der Waals surface area contributed by atoms with E-state index in [2.05, 4.69) is 15.6 Å². The summed E-state index contributed by atoms with van der Waals surface area (Å²) in [5.41, 5.74) is 1.73. The summed E-state index contributed by atoms with van der Waals surface area (Å²) in [4.78, 5) is 15.8. The fourth-order valence-electron chi connectivity index (χ4n) is 1.49. The Labute approximate surface area is 111 Å². The summed E-state index contributed by atoms with van der Waals surface area (Å²) in [5, 5.41) is 5.36. The van der Waals surface area contributed by atoms with Gasteiger partial charge in [0, 0.05) is 11.9 Å². The van der Waals surface area contributed by atoms with Crippen molar-refractivity contribution in [2.45, 2.75) is 6.92 Å². The Hall–Kier alpha value is -2.56. The zero-order chi connectivity index (χ0) is 13.7. The number of hydrogen-bond donors (Lipinski definition) is 2. The largest absolute Gasteiger partial charge is 0.497 e. The van der Waals surface area contributed by atoms with E-state index < -0.39 is 0 Å². The van der Waals surface area contributed by atoms with Gasteiger partial charge >= 0.3 is 6.03 Å². The molecule has 0 aliphatic heterocycles. The van der Waals surface area contributed by atoms with Gasteiger partial charge in [-0.05, 0) is 42.8 Å². The van der Waals surface area contributed by atoms with Gasteiger partial charge in [-0.3, -0.25) is 5.32 Å². The Morgan fingerprint density at radius 3 is 2.42 bits per heavy atom. The van der Waals surface area contributed by atoms with E-state index >= 15 is 0 Å². The summed E-state index contributed by atoms with van der Waals surface area (Å²) >= 11 is 0. The van der Waals surface area contributed by atoms with E-state index in [0.29, 0.717) is 11.5 Å². The van der Waals surface area contributed by atoms with Gasteiger partial charge in [0.05, 0.1) is 7.11 Å². The molecule has 2 aromatic rings. The molecule has 0 atom stereocenters. The first-order chi connectivity index (χ1) is 9.17. The Morgan fingerprint density at radius 1 is 1.11 bits per heavy atom. The summed E-state index contributed by atoms with van der Waals surface area (Å²) in [7, 11) is 1.60. The third-order valence-corrected chi connectivity index (χ3v) is 2.50. The zero-order valence-corrected chi connectivity index (χ0v) is 10.8. The molecule has 1 aromatic carbocycles. The van der Waals surface area contributed by atoms with Crippen molar-refractivity contribution in [3.8, 4) is 5.75 Å². The SMILES string of the molecule is COc1ccc(NC(=O)Nc2ccc(C)cn2)cc1. The van der Waals surface area contributed by atoms with Crippen molar-refractivity contribution < 1.29 is 9.53 Å². The summed E-state index contributed by atoms with van der Waals surface area (Å²) in [5.74, 6) is 1.25. The normalized spacial score (nSPS) is 9.79. The number of urea groups is 1. The fourth-order valence-corrected chi connectivity index (χ4v) is 1.49. The van der Waals surface area contributed by atoms with Gasteiger partial charge in [0.1, 0.15) is 11.6 Å². The number of anilines is 2. The molecule has 0 radical (unpaired) electrons. The van der Waals surface area contributed by atoms with Crippen LogP contribution < -0.4 is 15.4 Å². The standard InChI is InChI=1S/C14H15N3O2/c1-10-3-8-13(15-9-10)17-14(18)16-11-4-6-12(19-2)7-5-11/h3-9H,1-2H3,(H2,15,16,17,18). The summed E-state index contributed by atoms with van der Waals surface area (Å²) < 4.78 is 5.04. The average Bonchev–Trinajstić information content (AvgIpc) is 2.42. The number of nitrogens with one attached hydrogen (secondary N) is 2. The van der Waals surface area contributed by atoms with Crippen molar-refractivity contribution in [1.82, 2.24) is 4.98 Å². The lowest BCUT2D eigenvalue weighted by Gasteiger charge is -2.07. The number of ether oxygens (including phenoxy) is 1. The molecule has 0 saturated carbocycles. The van der Waals surface area contributed by atoms with Gasteiger partial charge in [-0.2, -0.15) is 0 Å². The van der Waals surface area contributed by atoms with Gasteiger partial charge in [0.15, 0.2) is 0 Å². The highest BCUT2D eigenvalue weighted by molar-refractivity contribution is 5.99. The summed E-state index contributed by atoms with van der Waals surface area (Å²) in [6, 6.07) is 10.4. The first-order valence-electron chi connectivity index (χ1n) is 5.82. The van der Waals surface area contributed by atoms with E-state index in [4.69, 9.17) is 4.74 Å². The Balaban J connectivity index is 1.95. The van der Waals surface area contributed by atoms with Crippen LogP contribution in [0.3, 0.4) is 0 Å². The van der Waals surface area contributed by atoms with E-state index in [0.717, 1.165) is 11.3 Å². The molecule has 0 saturated heterocycles. The average molecular weight is 257 g/mol. The molecule has 1 heterocycles. The second-order valence-electron chi connectivity index (χ2n) is 4.03. The molecule has 0 spiro atoms. The number of aromatic nitrogens is 1. The second-order valence-corrected chi connectivity index (χ2v) is 4.03. The molecule has 0 unspecified atom stereocenters. The van der Waals surface area contributed by atoms with Crippen LogP contribution in [0.1, 0.15) is 5.56 Å². The van der Waals surface area contributed by atoms with Crippen molar-refractivity contribution in [2.24, 2.45) is 0 Å². The number of rotatable bonds is 3. The maximum Gasteiger partial charge on any atom is 0.324 e. The number of hydrogen-bond acceptors (Lipinski definition) is 3. The van der Waals surface area contributed by atoms with E-state index in [9.17, 15) is 4.79 Å². The highest BCUT2D eigenvalue weighted by atomic mass is 16.5. The topological polar surface area (TPSA) is 63.2 Å². The maximum absolute atomic E-state index is 11.7. The number of carbonyl (C=O) groups is 1. The maximum atomic E-state index is 11.7. The first kappa shape index (κ1) is 12.9. The smallest absolute Gasteiger partial charge is 0.324 e. The highest BCUT2D eigenvalue weighted by Gasteiger charge is 2.03. The van der Waals surface area contributed by atoms with Crippen LogP contribution in [0.15, 0.2) is 42.6 Å². The molecule has 98 valence electrons. The molecule has 0 bridgehead atoms. The first-order valence-corrected chi connectivity index (χ1v) is 5.82. The summed E-state index contributed by atoms with van der Waals surface area (Å²) in [6.45, 7) is 1.94. The van der Waals surface area contributed by atoms with Crippen LogP contribution in [-0.2, 0) is 0 Å². The van der Waals surface area contributed by atoms with Crippen LogP contribution >= 0.6 is 0 Å². The number of benzene rings is 1.